The minimum atomic E-state index is -0.370. The second kappa shape index (κ2) is 4.23. The number of amides is 1. The summed E-state index contributed by atoms with van der Waals surface area (Å²) in [6, 6.07) is 1.66. The van der Waals surface area contributed by atoms with E-state index < -0.39 is 0 Å². The molecule has 0 fully saturated rings. The van der Waals surface area contributed by atoms with E-state index in [4.69, 9.17) is 16.3 Å². The Morgan fingerprint density at radius 3 is 3.00 bits per heavy atom. The van der Waals surface area contributed by atoms with Crippen LogP contribution in [0.5, 0.6) is 6.01 Å². The van der Waals surface area contributed by atoms with Crippen molar-refractivity contribution >= 4 is 23.5 Å². The third-order valence-corrected chi connectivity index (χ3v) is 1.99. The lowest BCUT2D eigenvalue weighted by atomic mass is 10.4. The first-order valence-electron chi connectivity index (χ1n) is 4.30. The number of anilines is 1. The molecule has 3 N–H and O–H groups in total. The van der Waals surface area contributed by atoms with Crippen LogP contribution in [-0.2, 0) is 0 Å². The standard InChI is InChI=1S/C8H8ClN5O2/c1-16-8-12-7(13-14-8)11-6(15)5-2-4(9)3-10-5/h2-3,10H,1H3,(H2,11,12,13,14,15). The lowest BCUT2D eigenvalue weighted by Crippen LogP contribution is -2.13. The number of hydrogen-bond acceptors (Lipinski definition) is 4. The summed E-state index contributed by atoms with van der Waals surface area (Å²) in [5.41, 5.74) is 0.334. The van der Waals surface area contributed by atoms with Gasteiger partial charge in [0.05, 0.1) is 12.1 Å². The molecule has 2 aromatic rings. The van der Waals surface area contributed by atoms with E-state index in [0.717, 1.165) is 0 Å². The number of ether oxygens (including phenoxy) is 1. The molecule has 2 aromatic heterocycles. The van der Waals surface area contributed by atoms with Gasteiger partial charge in [0.1, 0.15) is 5.69 Å². The molecular formula is C8H8ClN5O2. The molecular weight excluding hydrogens is 234 g/mol. The molecule has 0 spiro atoms. The lowest BCUT2D eigenvalue weighted by molar-refractivity contribution is 0.102. The highest BCUT2D eigenvalue weighted by Crippen LogP contribution is 2.11. The van der Waals surface area contributed by atoms with Gasteiger partial charge in [-0.25, -0.2) is 5.10 Å². The van der Waals surface area contributed by atoms with Crippen LogP contribution in [0.2, 0.25) is 5.02 Å². The molecule has 0 radical (unpaired) electrons. The van der Waals surface area contributed by atoms with Gasteiger partial charge >= 0.3 is 6.01 Å². The minimum absolute atomic E-state index is 0.153. The van der Waals surface area contributed by atoms with E-state index in [1.807, 2.05) is 0 Å². The number of halogens is 1. The Morgan fingerprint density at radius 2 is 2.44 bits per heavy atom. The first kappa shape index (κ1) is 10.5. The number of nitrogens with zero attached hydrogens (tertiary/aromatic N) is 2. The van der Waals surface area contributed by atoms with Gasteiger partial charge in [-0.2, -0.15) is 4.98 Å². The summed E-state index contributed by atoms with van der Waals surface area (Å²) in [7, 11) is 1.43. The number of aromatic amines is 2. The Balaban J connectivity index is 2.07. The second-order valence-corrected chi connectivity index (χ2v) is 3.29. The quantitative estimate of drug-likeness (QED) is 0.748. The summed E-state index contributed by atoms with van der Waals surface area (Å²) in [6.07, 6.45) is 1.51. The van der Waals surface area contributed by atoms with Crippen LogP contribution >= 0.6 is 11.6 Å². The van der Waals surface area contributed by atoms with E-state index in [2.05, 4.69) is 25.5 Å². The van der Waals surface area contributed by atoms with Gasteiger partial charge in [-0.05, 0) is 6.07 Å². The van der Waals surface area contributed by atoms with E-state index in [9.17, 15) is 4.79 Å². The first-order chi connectivity index (χ1) is 7.69. The predicted octanol–water partition coefficient (Wildman–Crippen LogP) is 1.05. The predicted molar refractivity (Wildman–Crippen MR) is 56.7 cm³/mol. The van der Waals surface area contributed by atoms with Crippen molar-refractivity contribution in [3.8, 4) is 6.01 Å². The Hall–Kier alpha value is -2.02. The zero-order valence-electron chi connectivity index (χ0n) is 8.24. The zero-order chi connectivity index (χ0) is 11.5. The molecule has 2 rings (SSSR count). The number of rotatable bonds is 3. The Labute approximate surface area is 95.2 Å². The van der Waals surface area contributed by atoms with Gasteiger partial charge in [0, 0.05) is 6.20 Å². The van der Waals surface area contributed by atoms with Crippen LogP contribution in [0.4, 0.5) is 5.95 Å². The number of carbonyl (C=O) groups excluding carboxylic acids is 1. The van der Waals surface area contributed by atoms with E-state index in [1.165, 1.54) is 19.4 Å². The Morgan fingerprint density at radius 1 is 1.62 bits per heavy atom. The van der Waals surface area contributed by atoms with Crippen LogP contribution in [0, 0.1) is 0 Å². The highest BCUT2D eigenvalue weighted by Gasteiger charge is 2.11. The third kappa shape index (κ3) is 2.14. The van der Waals surface area contributed by atoms with E-state index in [1.54, 1.807) is 0 Å². The summed E-state index contributed by atoms with van der Waals surface area (Å²) < 4.78 is 4.75. The molecule has 1 amide bonds. The molecule has 0 aliphatic rings. The van der Waals surface area contributed by atoms with Crippen LogP contribution in [0.3, 0.4) is 0 Å². The van der Waals surface area contributed by atoms with Crippen molar-refractivity contribution in [3.63, 3.8) is 0 Å². The Kier molecular flexibility index (Phi) is 2.78. The van der Waals surface area contributed by atoms with Crippen molar-refractivity contribution in [1.29, 1.82) is 0 Å². The molecule has 0 aliphatic carbocycles. The molecule has 0 atom stereocenters. The molecule has 0 bridgehead atoms. The molecule has 0 saturated carbocycles. The minimum Gasteiger partial charge on any atom is -0.466 e. The molecule has 0 saturated heterocycles. The van der Waals surface area contributed by atoms with Crippen LogP contribution < -0.4 is 10.1 Å². The van der Waals surface area contributed by atoms with Crippen LogP contribution in [0.1, 0.15) is 10.5 Å². The highest BCUT2D eigenvalue weighted by molar-refractivity contribution is 6.31. The largest absolute Gasteiger partial charge is 0.466 e. The normalized spacial score (nSPS) is 10.1. The van der Waals surface area contributed by atoms with Crippen molar-refractivity contribution in [2.75, 3.05) is 12.4 Å². The topological polar surface area (TPSA) is 95.7 Å². The summed E-state index contributed by atoms with van der Waals surface area (Å²) in [5.74, 6) is -0.168. The molecule has 0 unspecified atom stereocenters. The molecule has 84 valence electrons. The highest BCUT2D eigenvalue weighted by atomic mass is 35.5. The SMILES string of the molecule is COc1n[nH]c(NC(=O)c2cc(Cl)c[nH]2)n1. The van der Waals surface area contributed by atoms with E-state index in [-0.39, 0.29) is 17.9 Å². The maximum atomic E-state index is 11.6. The fourth-order valence-electron chi connectivity index (χ4n) is 1.07. The number of methoxy groups -OCH3 is 1. The van der Waals surface area contributed by atoms with Crippen molar-refractivity contribution < 1.29 is 9.53 Å². The molecule has 8 heteroatoms. The van der Waals surface area contributed by atoms with Gasteiger partial charge in [0.15, 0.2) is 0 Å². The fraction of sp³-hybridized carbons (Fsp3) is 0.125. The molecule has 16 heavy (non-hydrogen) atoms. The average molecular weight is 242 g/mol. The summed E-state index contributed by atoms with van der Waals surface area (Å²) in [5, 5.41) is 9.12. The lowest BCUT2D eigenvalue weighted by Gasteiger charge is -1.97. The summed E-state index contributed by atoms with van der Waals surface area (Å²) in [6.45, 7) is 0. The fourth-order valence-corrected chi connectivity index (χ4v) is 1.23. The van der Waals surface area contributed by atoms with Gasteiger partial charge in [-0.3, -0.25) is 10.1 Å². The van der Waals surface area contributed by atoms with Crippen molar-refractivity contribution in [3.05, 3.63) is 23.0 Å². The van der Waals surface area contributed by atoms with Crippen LogP contribution in [-0.4, -0.2) is 33.2 Å². The van der Waals surface area contributed by atoms with E-state index >= 15 is 0 Å². The summed E-state index contributed by atoms with van der Waals surface area (Å²) >= 11 is 5.67. The van der Waals surface area contributed by atoms with Crippen molar-refractivity contribution in [2.24, 2.45) is 0 Å². The van der Waals surface area contributed by atoms with Crippen LogP contribution in [0.25, 0.3) is 0 Å². The van der Waals surface area contributed by atoms with E-state index in [0.29, 0.717) is 10.7 Å². The maximum absolute atomic E-state index is 11.6. The Bertz CT molecular complexity index is 506. The monoisotopic (exact) mass is 241 g/mol. The number of hydrogen-bond donors (Lipinski definition) is 3. The van der Waals surface area contributed by atoms with Gasteiger partial charge in [-0.15, -0.1) is 5.10 Å². The molecule has 0 aromatic carbocycles. The second-order valence-electron chi connectivity index (χ2n) is 2.86. The van der Waals surface area contributed by atoms with Crippen molar-refractivity contribution in [2.45, 2.75) is 0 Å². The van der Waals surface area contributed by atoms with Gasteiger partial charge in [0.2, 0.25) is 5.95 Å². The third-order valence-electron chi connectivity index (χ3n) is 1.77. The smallest absolute Gasteiger partial charge is 0.336 e. The number of nitrogens with one attached hydrogen (secondary N) is 3. The zero-order valence-corrected chi connectivity index (χ0v) is 9.00. The summed E-state index contributed by atoms with van der Waals surface area (Å²) in [4.78, 5) is 18.1. The van der Waals surface area contributed by atoms with Gasteiger partial charge in [-0.1, -0.05) is 11.6 Å². The molecule has 0 aliphatic heterocycles. The number of carbonyl (C=O) groups is 1. The number of H-pyrrole nitrogens is 2. The van der Waals surface area contributed by atoms with Crippen LogP contribution in [0.15, 0.2) is 12.3 Å². The van der Waals surface area contributed by atoms with Gasteiger partial charge < -0.3 is 9.72 Å². The number of aromatic nitrogens is 4. The van der Waals surface area contributed by atoms with Gasteiger partial charge in [0.25, 0.3) is 5.91 Å². The average Bonchev–Trinajstić information content (AvgIpc) is 2.87. The van der Waals surface area contributed by atoms with Crippen molar-refractivity contribution in [1.82, 2.24) is 20.2 Å². The molecule has 7 nitrogen and oxygen atoms in total. The maximum Gasteiger partial charge on any atom is 0.336 e. The first-order valence-corrected chi connectivity index (χ1v) is 4.68. The molecule has 2 heterocycles.